The van der Waals surface area contributed by atoms with Gasteiger partial charge in [0.25, 0.3) is 5.91 Å². The zero-order chi connectivity index (χ0) is 17.1. The zero-order valence-corrected chi connectivity index (χ0v) is 14.8. The minimum Gasteiger partial charge on any atom is -0.496 e. The number of hydrogen-bond donors (Lipinski definition) is 0. The van der Waals surface area contributed by atoms with Crippen LogP contribution >= 0.6 is 11.6 Å². The van der Waals surface area contributed by atoms with Gasteiger partial charge in [0.1, 0.15) is 11.6 Å². The Morgan fingerprint density at radius 1 is 1.46 bits per heavy atom. The minimum absolute atomic E-state index is 0.0304. The second-order valence-corrected chi connectivity index (χ2v) is 6.43. The van der Waals surface area contributed by atoms with Crippen molar-refractivity contribution in [3.63, 3.8) is 0 Å². The molecular formula is C18H22ClN3O2. The molecule has 1 amide bonds. The summed E-state index contributed by atoms with van der Waals surface area (Å²) in [6.07, 6.45) is 6.76. The van der Waals surface area contributed by atoms with Crippen molar-refractivity contribution < 1.29 is 9.53 Å². The van der Waals surface area contributed by atoms with Gasteiger partial charge in [0.05, 0.1) is 18.7 Å². The van der Waals surface area contributed by atoms with E-state index in [-0.39, 0.29) is 11.9 Å². The Morgan fingerprint density at radius 2 is 2.29 bits per heavy atom. The fourth-order valence-electron chi connectivity index (χ4n) is 3.33. The molecule has 24 heavy (non-hydrogen) atoms. The summed E-state index contributed by atoms with van der Waals surface area (Å²) in [6, 6.07) is 5.42. The highest BCUT2D eigenvalue weighted by Crippen LogP contribution is 2.28. The molecule has 0 saturated carbocycles. The van der Waals surface area contributed by atoms with Crippen LogP contribution in [-0.2, 0) is 6.42 Å². The van der Waals surface area contributed by atoms with E-state index in [4.69, 9.17) is 16.3 Å². The van der Waals surface area contributed by atoms with Crippen LogP contribution in [0.2, 0.25) is 5.02 Å². The molecule has 3 rings (SSSR count). The van der Waals surface area contributed by atoms with Gasteiger partial charge in [-0.1, -0.05) is 18.5 Å². The first-order valence-corrected chi connectivity index (χ1v) is 8.66. The summed E-state index contributed by atoms with van der Waals surface area (Å²) < 4.78 is 7.53. The van der Waals surface area contributed by atoms with Crippen LogP contribution in [0.1, 0.15) is 42.0 Å². The van der Waals surface area contributed by atoms with Crippen LogP contribution in [0.3, 0.4) is 0 Å². The number of aromatic nitrogens is 2. The third-order valence-corrected chi connectivity index (χ3v) is 4.77. The highest BCUT2D eigenvalue weighted by atomic mass is 35.5. The molecule has 6 heteroatoms. The first-order valence-electron chi connectivity index (χ1n) is 8.28. The molecule has 128 valence electrons. The van der Waals surface area contributed by atoms with Crippen LogP contribution < -0.4 is 4.74 Å². The Balaban J connectivity index is 1.82. The lowest BCUT2D eigenvalue weighted by atomic mass is 10.0. The Kier molecular flexibility index (Phi) is 5.09. The predicted octanol–water partition coefficient (Wildman–Crippen LogP) is 3.58. The van der Waals surface area contributed by atoms with Gasteiger partial charge in [0.2, 0.25) is 0 Å². The van der Waals surface area contributed by atoms with Crippen molar-refractivity contribution in [2.75, 3.05) is 20.2 Å². The maximum atomic E-state index is 13.0. The quantitative estimate of drug-likeness (QED) is 0.849. The summed E-state index contributed by atoms with van der Waals surface area (Å²) in [7, 11) is 1.57. The molecule has 1 fully saturated rings. The molecule has 1 aromatic heterocycles. The third kappa shape index (κ3) is 3.26. The van der Waals surface area contributed by atoms with Crippen molar-refractivity contribution in [2.24, 2.45) is 0 Å². The average molecular weight is 348 g/mol. The highest BCUT2D eigenvalue weighted by Gasteiger charge is 2.28. The predicted molar refractivity (Wildman–Crippen MR) is 93.8 cm³/mol. The molecule has 1 saturated heterocycles. The number of likely N-dealkylation sites (tertiary alicyclic amines) is 1. The minimum atomic E-state index is -0.0304. The van der Waals surface area contributed by atoms with Gasteiger partial charge >= 0.3 is 0 Å². The van der Waals surface area contributed by atoms with E-state index < -0.39 is 0 Å². The first kappa shape index (κ1) is 16.8. The van der Waals surface area contributed by atoms with Gasteiger partial charge in [-0.2, -0.15) is 0 Å². The molecule has 0 bridgehead atoms. The lowest BCUT2D eigenvalue weighted by Crippen LogP contribution is -2.41. The lowest BCUT2D eigenvalue weighted by molar-refractivity contribution is 0.0674. The standard InChI is InChI=1S/C18H22ClN3O2/c1-3-17-20-8-10-22(17)14-5-4-9-21(12-14)18(23)15-11-13(19)6-7-16(15)24-2/h6-8,10-11,14H,3-5,9,12H2,1-2H3. The summed E-state index contributed by atoms with van der Waals surface area (Å²) in [4.78, 5) is 19.3. The number of rotatable bonds is 4. The highest BCUT2D eigenvalue weighted by molar-refractivity contribution is 6.31. The summed E-state index contributed by atoms with van der Waals surface area (Å²) in [5.41, 5.74) is 0.520. The number of imidazole rings is 1. The zero-order valence-electron chi connectivity index (χ0n) is 14.0. The van der Waals surface area contributed by atoms with Crippen LogP contribution in [0.5, 0.6) is 5.75 Å². The molecule has 1 atom stereocenters. The van der Waals surface area contributed by atoms with Crippen molar-refractivity contribution in [1.29, 1.82) is 0 Å². The van der Waals surface area contributed by atoms with Crippen molar-refractivity contribution >= 4 is 17.5 Å². The Bertz CT molecular complexity index is 729. The molecule has 1 unspecified atom stereocenters. The number of benzene rings is 1. The van der Waals surface area contributed by atoms with Crippen molar-refractivity contribution in [1.82, 2.24) is 14.5 Å². The molecule has 0 N–H and O–H groups in total. The molecule has 0 spiro atoms. The van der Waals surface area contributed by atoms with Crippen LogP contribution in [0.15, 0.2) is 30.6 Å². The molecule has 2 aromatic rings. The van der Waals surface area contributed by atoms with Crippen LogP contribution in [0.4, 0.5) is 0 Å². The van der Waals surface area contributed by atoms with E-state index in [1.54, 1.807) is 25.3 Å². The average Bonchev–Trinajstić information content (AvgIpc) is 3.10. The van der Waals surface area contributed by atoms with E-state index in [0.717, 1.165) is 31.6 Å². The molecule has 1 aliphatic heterocycles. The summed E-state index contributed by atoms with van der Waals surface area (Å²) in [6.45, 7) is 3.53. The van der Waals surface area contributed by atoms with Crippen LogP contribution in [0.25, 0.3) is 0 Å². The van der Waals surface area contributed by atoms with Gasteiger partial charge in [0.15, 0.2) is 0 Å². The number of piperidine rings is 1. The summed E-state index contributed by atoms with van der Waals surface area (Å²) in [5.74, 6) is 1.59. The van der Waals surface area contributed by atoms with Gasteiger partial charge in [-0.15, -0.1) is 0 Å². The number of aryl methyl sites for hydroxylation is 1. The van der Waals surface area contributed by atoms with E-state index in [0.29, 0.717) is 22.9 Å². The van der Waals surface area contributed by atoms with Crippen LogP contribution in [-0.4, -0.2) is 40.6 Å². The maximum Gasteiger partial charge on any atom is 0.257 e. The summed E-state index contributed by atoms with van der Waals surface area (Å²) >= 11 is 6.07. The van der Waals surface area contributed by atoms with Gasteiger partial charge < -0.3 is 14.2 Å². The lowest BCUT2D eigenvalue weighted by Gasteiger charge is -2.34. The van der Waals surface area contributed by atoms with Gasteiger partial charge in [-0.05, 0) is 31.0 Å². The molecule has 5 nitrogen and oxygen atoms in total. The number of amides is 1. The summed E-state index contributed by atoms with van der Waals surface area (Å²) in [5, 5.41) is 0.538. The largest absolute Gasteiger partial charge is 0.496 e. The number of methoxy groups -OCH3 is 1. The fourth-order valence-corrected chi connectivity index (χ4v) is 3.51. The molecular weight excluding hydrogens is 326 g/mol. The van der Waals surface area contributed by atoms with Gasteiger partial charge in [-0.3, -0.25) is 4.79 Å². The molecule has 0 radical (unpaired) electrons. The number of nitrogens with zero attached hydrogens (tertiary/aromatic N) is 3. The molecule has 2 heterocycles. The van der Waals surface area contributed by atoms with Crippen molar-refractivity contribution in [3.05, 3.63) is 47.0 Å². The topological polar surface area (TPSA) is 47.4 Å². The number of ether oxygens (including phenoxy) is 1. The fraction of sp³-hybridized carbons (Fsp3) is 0.444. The number of carbonyl (C=O) groups is 1. The number of hydrogen-bond acceptors (Lipinski definition) is 3. The Morgan fingerprint density at radius 3 is 3.04 bits per heavy atom. The van der Waals surface area contributed by atoms with E-state index in [2.05, 4.69) is 16.5 Å². The number of halogens is 1. The Labute approximate surface area is 147 Å². The monoisotopic (exact) mass is 347 g/mol. The second-order valence-electron chi connectivity index (χ2n) is 6.00. The smallest absolute Gasteiger partial charge is 0.257 e. The van der Waals surface area contributed by atoms with E-state index >= 15 is 0 Å². The van der Waals surface area contributed by atoms with Gasteiger partial charge in [0, 0.05) is 36.9 Å². The maximum absolute atomic E-state index is 13.0. The number of carbonyl (C=O) groups excluding carboxylic acids is 1. The van der Waals surface area contributed by atoms with E-state index in [9.17, 15) is 4.79 Å². The normalized spacial score (nSPS) is 17.8. The van der Waals surface area contributed by atoms with Crippen LogP contribution in [0, 0.1) is 0 Å². The van der Waals surface area contributed by atoms with Crippen molar-refractivity contribution in [3.8, 4) is 5.75 Å². The van der Waals surface area contributed by atoms with Crippen molar-refractivity contribution in [2.45, 2.75) is 32.2 Å². The third-order valence-electron chi connectivity index (χ3n) is 4.53. The second kappa shape index (κ2) is 7.26. The molecule has 1 aliphatic rings. The van der Waals surface area contributed by atoms with E-state index in [1.807, 2.05) is 17.3 Å². The first-order chi connectivity index (χ1) is 11.6. The Hall–Kier alpha value is -2.01. The SMILES string of the molecule is CCc1nccn1C1CCCN(C(=O)c2cc(Cl)ccc2OC)C1. The van der Waals surface area contributed by atoms with E-state index in [1.165, 1.54) is 0 Å². The van der Waals surface area contributed by atoms with Gasteiger partial charge in [-0.25, -0.2) is 4.98 Å². The molecule has 0 aliphatic carbocycles. The molecule has 1 aromatic carbocycles.